The molecule has 1 fully saturated rings. The quantitative estimate of drug-likeness (QED) is 0.487. The molecule has 0 spiro atoms. The summed E-state index contributed by atoms with van der Waals surface area (Å²) in [6, 6.07) is 8.99. The zero-order valence-corrected chi connectivity index (χ0v) is 18.5. The fourth-order valence-electron chi connectivity index (χ4n) is 4.65. The van der Waals surface area contributed by atoms with Gasteiger partial charge >= 0.3 is 5.97 Å². The Bertz CT molecular complexity index is 1220. The Labute approximate surface area is 184 Å². The van der Waals surface area contributed by atoms with Crippen LogP contribution in [0, 0.1) is 5.41 Å². The summed E-state index contributed by atoms with van der Waals surface area (Å²) in [5.41, 5.74) is 1.84. The summed E-state index contributed by atoms with van der Waals surface area (Å²) in [7, 11) is 0. The van der Waals surface area contributed by atoms with Gasteiger partial charge in [0.25, 0.3) is 0 Å². The minimum Gasteiger partial charge on any atom is -0.480 e. The van der Waals surface area contributed by atoms with Gasteiger partial charge in [-0.3, -0.25) is 9.59 Å². The van der Waals surface area contributed by atoms with Gasteiger partial charge in [0.2, 0.25) is 0 Å². The van der Waals surface area contributed by atoms with E-state index in [0.29, 0.717) is 33.3 Å². The number of rotatable bonds is 4. The van der Waals surface area contributed by atoms with E-state index in [1.165, 1.54) is 12.8 Å². The van der Waals surface area contributed by atoms with E-state index in [1.807, 2.05) is 12.1 Å². The second-order valence-corrected chi connectivity index (χ2v) is 9.69. The molecule has 1 aromatic heterocycles. The predicted octanol–water partition coefficient (Wildman–Crippen LogP) is 5.93. The normalized spacial score (nSPS) is 18.6. The third-order valence-electron chi connectivity index (χ3n) is 5.99. The van der Waals surface area contributed by atoms with Crippen molar-refractivity contribution >= 4 is 56.7 Å². The van der Waals surface area contributed by atoms with E-state index in [4.69, 9.17) is 23.2 Å². The van der Waals surface area contributed by atoms with E-state index in [2.05, 4.69) is 19.2 Å². The summed E-state index contributed by atoms with van der Waals surface area (Å²) in [5.74, 6) is -1.02. The van der Waals surface area contributed by atoms with Crippen LogP contribution in [0.5, 0.6) is 0 Å². The van der Waals surface area contributed by atoms with E-state index in [1.54, 1.807) is 22.8 Å². The van der Waals surface area contributed by atoms with Crippen molar-refractivity contribution in [3.63, 3.8) is 0 Å². The topological polar surface area (TPSA) is 71.3 Å². The lowest BCUT2D eigenvalue weighted by Crippen LogP contribution is -2.31. The van der Waals surface area contributed by atoms with Gasteiger partial charge in [0.15, 0.2) is 5.43 Å². The van der Waals surface area contributed by atoms with Gasteiger partial charge in [-0.2, -0.15) is 0 Å². The van der Waals surface area contributed by atoms with E-state index in [9.17, 15) is 14.7 Å². The highest BCUT2D eigenvalue weighted by molar-refractivity contribution is 6.45. The number of carbonyl (C=O) groups is 1. The highest BCUT2D eigenvalue weighted by Crippen LogP contribution is 2.37. The molecule has 0 amide bonds. The third-order valence-corrected chi connectivity index (χ3v) is 6.78. The molecule has 1 unspecified atom stereocenters. The number of carboxylic acids is 1. The minimum atomic E-state index is -1.02. The Kier molecular flexibility index (Phi) is 5.45. The molecule has 0 aliphatic heterocycles. The molecule has 1 aliphatic carbocycles. The van der Waals surface area contributed by atoms with Gasteiger partial charge < -0.3 is 15.0 Å². The molecule has 2 aromatic carbocycles. The lowest BCUT2D eigenvalue weighted by molar-refractivity contribution is -0.137. The standard InChI is InChI=1S/C23H24Cl2N2O3/c1-23(2)9-3-4-14(11-23)26-13-5-6-15-18(10-13)27(12-19(28)29)21-16(22(15)30)7-8-17(24)20(21)25/h5-8,10,14,26H,3-4,9,11-12H2,1-2H3,(H,28,29). The molecule has 0 radical (unpaired) electrons. The van der Waals surface area contributed by atoms with Gasteiger partial charge in [-0.25, -0.2) is 0 Å². The van der Waals surface area contributed by atoms with E-state index < -0.39 is 5.97 Å². The van der Waals surface area contributed by atoms with Crippen LogP contribution in [0.25, 0.3) is 21.8 Å². The molecular weight excluding hydrogens is 423 g/mol. The zero-order valence-electron chi connectivity index (χ0n) is 17.0. The maximum Gasteiger partial charge on any atom is 0.323 e. The number of anilines is 1. The Morgan fingerprint density at radius 3 is 2.67 bits per heavy atom. The molecule has 0 bridgehead atoms. The van der Waals surface area contributed by atoms with Crippen molar-refractivity contribution in [2.75, 3.05) is 5.32 Å². The zero-order chi connectivity index (χ0) is 21.6. The van der Waals surface area contributed by atoms with Crippen molar-refractivity contribution in [3.8, 4) is 0 Å². The molecule has 3 aromatic rings. The van der Waals surface area contributed by atoms with Crippen molar-refractivity contribution in [1.82, 2.24) is 4.57 Å². The molecule has 158 valence electrons. The average molecular weight is 447 g/mol. The fraction of sp³-hybridized carbons (Fsp3) is 0.391. The van der Waals surface area contributed by atoms with Crippen LogP contribution < -0.4 is 10.7 Å². The molecule has 1 aliphatic rings. The first-order chi connectivity index (χ1) is 14.2. The number of halogens is 2. The molecule has 1 saturated carbocycles. The smallest absolute Gasteiger partial charge is 0.323 e. The van der Waals surface area contributed by atoms with Crippen molar-refractivity contribution < 1.29 is 9.90 Å². The van der Waals surface area contributed by atoms with Crippen LogP contribution in [0.1, 0.15) is 39.5 Å². The van der Waals surface area contributed by atoms with E-state index in [-0.39, 0.29) is 22.0 Å². The molecule has 4 rings (SSSR count). The number of hydrogen-bond donors (Lipinski definition) is 2. The molecular formula is C23H24Cl2N2O3. The van der Waals surface area contributed by atoms with Gasteiger partial charge in [0, 0.05) is 22.5 Å². The van der Waals surface area contributed by atoms with Crippen LogP contribution in [0.15, 0.2) is 35.1 Å². The molecule has 2 N–H and O–H groups in total. The number of aliphatic carboxylic acids is 1. The first kappa shape index (κ1) is 21.0. The third kappa shape index (κ3) is 3.88. The Morgan fingerprint density at radius 1 is 1.23 bits per heavy atom. The molecule has 5 nitrogen and oxygen atoms in total. The molecule has 1 atom stereocenters. The molecule has 1 heterocycles. The van der Waals surface area contributed by atoms with Gasteiger partial charge in [0.1, 0.15) is 6.54 Å². The summed E-state index contributed by atoms with van der Waals surface area (Å²) in [4.78, 5) is 24.7. The summed E-state index contributed by atoms with van der Waals surface area (Å²) >= 11 is 12.6. The van der Waals surface area contributed by atoms with E-state index >= 15 is 0 Å². The van der Waals surface area contributed by atoms with Crippen molar-refractivity contribution in [2.24, 2.45) is 5.41 Å². The van der Waals surface area contributed by atoms with Crippen molar-refractivity contribution in [2.45, 2.75) is 52.1 Å². The van der Waals surface area contributed by atoms with Gasteiger partial charge in [-0.15, -0.1) is 0 Å². The van der Waals surface area contributed by atoms with Crippen LogP contribution >= 0.6 is 23.2 Å². The minimum absolute atomic E-state index is 0.182. The summed E-state index contributed by atoms with van der Waals surface area (Å²) in [6.07, 6.45) is 4.53. The summed E-state index contributed by atoms with van der Waals surface area (Å²) in [5, 5.41) is 14.4. The molecule has 0 saturated heterocycles. The van der Waals surface area contributed by atoms with Gasteiger partial charge in [-0.1, -0.05) is 43.5 Å². The lowest BCUT2D eigenvalue weighted by Gasteiger charge is -2.36. The van der Waals surface area contributed by atoms with Gasteiger partial charge in [0.05, 0.1) is 21.1 Å². The average Bonchev–Trinajstić information content (AvgIpc) is 2.66. The second-order valence-electron chi connectivity index (χ2n) is 8.90. The number of benzene rings is 2. The van der Waals surface area contributed by atoms with Crippen LogP contribution in [-0.2, 0) is 11.3 Å². The number of nitrogens with zero attached hydrogens (tertiary/aromatic N) is 1. The van der Waals surface area contributed by atoms with Crippen molar-refractivity contribution in [1.29, 1.82) is 0 Å². The molecule has 30 heavy (non-hydrogen) atoms. The summed E-state index contributed by atoms with van der Waals surface area (Å²) in [6.45, 7) is 4.24. The predicted molar refractivity (Wildman–Crippen MR) is 123 cm³/mol. The summed E-state index contributed by atoms with van der Waals surface area (Å²) < 4.78 is 1.57. The number of aromatic nitrogens is 1. The van der Waals surface area contributed by atoms with Crippen LogP contribution in [0.3, 0.4) is 0 Å². The Hall–Kier alpha value is -2.24. The second kappa shape index (κ2) is 7.78. The first-order valence-electron chi connectivity index (χ1n) is 10.1. The maximum atomic E-state index is 13.1. The van der Waals surface area contributed by atoms with Crippen LogP contribution in [0.2, 0.25) is 10.0 Å². The Balaban J connectivity index is 1.89. The fourth-order valence-corrected chi connectivity index (χ4v) is 5.07. The van der Waals surface area contributed by atoms with Crippen LogP contribution in [0.4, 0.5) is 5.69 Å². The monoisotopic (exact) mass is 446 g/mol. The highest BCUT2D eigenvalue weighted by atomic mass is 35.5. The highest BCUT2D eigenvalue weighted by Gasteiger charge is 2.28. The number of pyridine rings is 1. The largest absolute Gasteiger partial charge is 0.480 e. The van der Waals surface area contributed by atoms with Crippen LogP contribution in [-0.4, -0.2) is 21.7 Å². The number of hydrogen-bond acceptors (Lipinski definition) is 3. The lowest BCUT2D eigenvalue weighted by atomic mass is 9.75. The van der Waals surface area contributed by atoms with Gasteiger partial charge in [-0.05, 0) is 55.0 Å². The first-order valence-corrected chi connectivity index (χ1v) is 10.8. The number of carboxylic acid groups (broad SMARTS) is 1. The van der Waals surface area contributed by atoms with Crippen molar-refractivity contribution in [3.05, 3.63) is 50.6 Å². The molecule has 7 heteroatoms. The Morgan fingerprint density at radius 2 is 1.97 bits per heavy atom. The number of fused-ring (bicyclic) bond motifs is 2. The maximum absolute atomic E-state index is 13.1. The van der Waals surface area contributed by atoms with E-state index in [0.717, 1.165) is 18.5 Å². The number of nitrogens with one attached hydrogen (secondary N) is 1. The SMILES string of the molecule is CC1(C)CCCC(Nc2ccc3c(=O)c4ccc(Cl)c(Cl)c4n(CC(=O)O)c3c2)C1.